The highest BCUT2D eigenvalue weighted by Gasteiger charge is 2.25. The predicted molar refractivity (Wildman–Crippen MR) is 119 cm³/mol. The molecule has 2 aromatic carbocycles. The first-order chi connectivity index (χ1) is 13.8. The lowest BCUT2D eigenvalue weighted by Gasteiger charge is -2.32. The highest BCUT2D eigenvalue weighted by molar-refractivity contribution is 7.98. The average molecular weight is 395 g/mol. The number of hydrogen-bond donors (Lipinski definition) is 0. The minimum absolute atomic E-state index is 0.276. The minimum atomic E-state index is 0.276. The molecule has 2 heterocycles. The molecule has 2 aliphatic rings. The third-order valence-corrected chi connectivity index (χ3v) is 6.84. The number of nitrogens with zero attached hydrogens (tertiary/aromatic N) is 2. The van der Waals surface area contributed by atoms with E-state index in [0.29, 0.717) is 6.42 Å². The van der Waals surface area contributed by atoms with Gasteiger partial charge in [0, 0.05) is 30.1 Å². The van der Waals surface area contributed by atoms with Crippen molar-refractivity contribution < 1.29 is 4.79 Å². The van der Waals surface area contributed by atoms with Gasteiger partial charge in [-0.05, 0) is 67.4 Å². The SMILES string of the molecule is CSc1ccccc1-c1ccc2c(c1)N(CCN1CCCCCC1)C(=O)CC2. The Morgan fingerprint density at radius 3 is 2.50 bits per heavy atom. The van der Waals surface area contributed by atoms with Gasteiger partial charge in [0.2, 0.25) is 5.91 Å². The normalized spacial score (nSPS) is 18.0. The number of rotatable bonds is 5. The van der Waals surface area contributed by atoms with Crippen molar-refractivity contribution in [2.45, 2.75) is 43.4 Å². The van der Waals surface area contributed by atoms with Crippen molar-refractivity contribution in [3.05, 3.63) is 48.0 Å². The Labute approximate surface area is 173 Å². The minimum Gasteiger partial charge on any atom is -0.311 e. The maximum absolute atomic E-state index is 12.8. The van der Waals surface area contributed by atoms with E-state index in [1.807, 2.05) is 0 Å². The number of likely N-dealkylation sites (tertiary alicyclic amines) is 1. The van der Waals surface area contributed by atoms with Gasteiger partial charge in [0.15, 0.2) is 0 Å². The molecule has 0 spiro atoms. The molecule has 0 atom stereocenters. The van der Waals surface area contributed by atoms with Gasteiger partial charge in [-0.15, -0.1) is 11.8 Å². The van der Waals surface area contributed by atoms with Crippen LogP contribution in [0.3, 0.4) is 0 Å². The molecule has 1 saturated heterocycles. The summed E-state index contributed by atoms with van der Waals surface area (Å²) < 4.78 is 0. The van der Waals surface area contributed by atoms with Crippen molar-refractivity contribution in [1.29, 1.82) is 0 Å². The molecular weight excluding hydrogens is 364 g/mol. The lowest BCUT2D eigenvalue weighted by molar-refractivity contribution is -0.118. The molecule has 28 heavy (non-hydrogen) atoms. The van der Waals surface area contributed by atoms with Gasteiger partial charge in [-0.3, -0.25) is 4.79 Å². The van der Waals surface area contributed by atoms with Gasteiger partial charge in [0.05, 0.1) is 0 Å². The fourth-order valence-corrected chi connectivity index (χ4v) is 5.05. The van der Waals surface area contributed by atoms with Crippen LogP contribution in [0.15, 0.2) is 47.4 Å². The molecule has 2 aliphatic heterocycles. The molecule has 3 nitrogen and oxygen atoms in total. The van der Waals surface area contributed by atoms with Crippen molar-refractivity contribution >= 4 is 23.4 Å². The van der Waals surface area contributed by atoms with Gasteiger partial charge in [-0.1, -0.05) is 43.2 Å². The molecule has 0 N–H and O–H groups in total. The number of amides is 1. The lowest BCUT2D eigenvalue weighted by Crippen LogP contribution is -2.41. The molecule has 1 fully saturated rings. The van der Waals surface area contributed by atoms with E-state index in [2.05, 4.69) is 58.5 Å². The standard InChI is InChI=1S/C24H30N2OS/c1-28-23-9-5-4-8-21(23)20-11-10-19-12-13-24(27)26(22(19)18-20)17-16-25-14-6-2-3-7-15-25/h4-5,8-11,18H,2-3,6-7,12-17H2,1H3. The highest BCUT2D eigenvalue weighted by Crippen LogP contribution is 2.36. The van der Waals surface area contributed by atoms with Crippen LogP contribution in [0.25, 0.3) is 11.1 Å². The van der Waals surface area contributed by atoms with Crippen LogP contribution in [-0.4, -0.2) is 43.2 Å². The van der Waals surface area contributed by atoms with Gasteiger partial charge < -0.3 is 9.80 Å². The number of hydrogen-bond acceptors (Lipinski definition) is 3. The molecule has 0 aromatic heterocycles. The Morgan fingerprint density at radius 2 is 1.71 bits per heavy atom. The molecule has 0 bridgehead atoms. The second-order valence-corrected chi connectivity index (χ2v) is 8.69. The quantitative estimate of drug-likeness (QED) is 0.649. The molecule has 148 valence electrons. The van der Waals surface area contributed by atoms with E-state index in [1.54, 1.807) is 11.8 Å². The maximum Gasteiger partial charge on any atom is 0.227 e. The van der Waals surface area contributed by atoms with Crippen LogP contribution < -0.4 is 4.90 Å². The zero-order chi connectivity index (χ0) is 19.3. The first kappa shape index (κ1) is 19.5. The van der Waals surface area contributed by atoms with Gasteiger partial charge in [-0.25, -0.2) is 0 Å². The number of aryl methyl sites for hydroxylation is 1. The Kier molecular flexibility index (Phi) is 6.38. The van der Waals surface area contributed by atoms with Crippen LogP contribution in [0.5, 0.6) is 0 Å². The maximum atomic E-state index is 12.8. The molecule has 0 aliphatic carbocycles. The zero-order valence-electron chi connectivity index (χ0n) is 16.8. The number of benzene rings is 2. The van der Waals surface area contributed by atoms with Crippen LogP contribution in [0.4, 0.5) is 5.69 Å². The third kappa shape index (κ3) is 4.28. The molecule has 0 saturated carbocycles. The Hall–Kier alpha value is -1.78. The highest BCUT2D eigenvalue weighted by atomic mass is 32.2. The Balaban J connectivity index is 1.59. The van der Waals surface area contributed by atoms with Gasteiger partial charge in [0.25, 0.3) is 0 Å². The summed E-state index contributed by atoms with van der Waals surface area (Å²) >= 11 is 1.77. The molecule has 4 heteroatoms. The van der Waals surface area contributed by atoms with Crippen molar-refractivity contribution in [3.8, 4) is 11.1 Å². The second-order valence-electron chi connectivity index (χ2n) is 7.85. The molecular formula is C24H30N2OS. The summed E-state index contributed by atoms with van der Waals surface area (Å²) in [6.07, 6.45) is 8.89. The van der Waals surface area contributed by atoms with E-state index < -0.39 is 0 Å². The van der Waals surface area contributed by atoms with E-state index >= 15 is 0 Å². The van der Waals surface area contributed by atoms with E-state index in [0.717, 1.165) is 25.2 Å². The van der Waals surface area contributed by atoms with Crippen LogP contribution in [-0.2, 0) is 11.2 Å². The van der Waals surface area contributed by atoms with Crippen molar-refractivity contribution in [2.24, 2.45) is 0 Å². The topological polar surface area (TPSA) is 23.6 Å². The third-order valence-electron chi connectivity index (χ3n) is 6.04. The van der Waals surface area contributed by atoms with Crippen molar-refractivity contribution in [3.63, 3.8) is 0 Å². The van der Waals surface area contributed by atoms with Crippen molar-refractivity contribution in [1.82, 2.24) is 4.90 Å². The van der Waals surface area contributed by atoms with Gasteiger partial charge >= 0.3 is 0 Å². The lowest BCUT2D eigenvalue weighted by atomic mass is 9.96. The van der Waals surface area contributed by atoms with Gasteiger partial charge in [0.1, 0.15) is 0 Å². The summed E-state index contributed by atoms with van der Waals surface area (Å²) in [4.78, 5) is 18.6. The predicted octanol–water partition coefficient (Wildman–Crippen LogP) is 5.23. The van der Waals surface area contributed by atoms with E-state index in [-0.39, 0.29) is 5.91 Å². The smallest absolute Gasteiger partial charge is 0.227 e. The summed E-state index contributed by atoms with van der Waals surface area (Å²) in [6.45, 7) is 4.14. The summed E-state index contributed by atoms with van der Waals surface area (Å²) in [5, 5.41) is 0. The van der Waals surface area contributed by atoms with Crippen molar-refractivity contribution in [2.75, 3.05) is 37.3 Å². The second kappa shape index (κ2) is 9.15. The summed E-state index contributed by atoms with van der Waals surface area (Å²) in [5.41, 5.74) is 4.89. The monoisotopic (exact) mass is 394 g/mol. The Morgan fingerprint density at radius 1 is 0.929 bits per heavy atom. The Bertz CT molecular complexity index is 827. The fraction of sp³-hybridized carbons (Fsp3) is 0.458. The van der Waals surface area contributed by atoms with Crippen LogP contribution >= 0.6 is 11.8 Å². The first-order valence-corrected chi connectivity index (χ1v) is 11.8. The first-order valence-electron chi connectivity index (χ1n) is 10.6. The van der Waals surface area contributed by atoms with Gasteiger partial charge in [-0.2, -0.15) is 0 Å². The van der Waals surface area contributed by atoms with Crippen LogP contribution in [0.1, 0.15) is 37.7 Å². The number of fused-ring (bicyclic) bond motifs is 1. The molecule has 0 unspecified atom stereocenters. The number of thioether (sulfide) groups is 1. The number of anilines is 1. The molecule has 2 aromatic rings. The van der Waals surface area contributed by atoms with Crippen LogP contribution in [0, 0.1) is 0 Å². The number of carbonyl (C=O) groups excluding carboxylic acids is 1. The van der Waals surface area contributed by atoms with E-state index in [9.17, 15) is 4.79 Å². The fourth-order valence-electron chi connectivity index (χ4n) is 4.43. The molecule has 0 radical (unpaired) electrons. The zero-order valence-corrected chi connectivity index (χ0v) is 17.6. The van der Waals surface area contributed by atoms with E-state index in [4.69, 9.17) is 0 Å². The summed E-state index contributed by atoms with van der Waals surface area (Å²) in [5.74, 6) is 0.276. The molecule has 1 amide bonds. The molecule has 4 rings (SSSR count). The van der Waals surface area contributed by atoms with E-state index in [1.165, 1.54) is 60.4 Å². The summed E-state index contributed by atoms with van der Waals surface area (Å²) in [6, 6.07) is 15.2. The number of carbonyl (C=O) groups is 1. The summed E-state index contributed by atoms with van der Waals surface area (Å²) in [7, 11) is 0. The average Bonchev–Trinajstić information content (AvgIpc) is 3.01. The largest absolute Gasteiger partial charge is 0.311 e. The van der Waals surface area contributed by atoms with Crippen LogP contribution in [0.2, 0.25) is 0 Å².